The van der Waals surface area contributed by atoms with Crippen molar-refractivity contribution in [3.63, 3.8) is 0 Å². The van der Waals surface area contributed by atoms with Crippen molar-refractivity contribution in [2.75, 3.05) is 0 Å². The first-order valence-corrected chi connectivity index (χ1v) is 8.69. The number of H-pyrrole nitrogens is 1. The summed E-state index contributed by atoms with van der Waals surface area (Å²) in [6, 6.07) is 17.3. The summed E-state index contributed by atoms with van der Waals surface area (Å²) in [5.74, 6) is 0.517. The van der Waals surface area contributed by atoms with Gasteiger partial charge in [0.2, 0.25) is 0 Å². The van der Waals surface area contributed by atoms with Gasteiger partial charge in [0.05, 0.1) is 0 Å². The molecule has 0 saturated heterocycles. The molecule has 0 radical (unpaired) electrons. The third-order valence-corrected chi connectivity index (χ3v) is 5.78. The lowest BCUT2D eigenvalue weighted by molar-refractivity contribution is 0.409. The molecule has 3 aromatic rings. The van der Waals surface area contributed by atoms with Gasteiger partial charge in [-0.3, -0.25) is 4.79 Å². The lowest BCUT2D eigenvalue weighted by Crippen LogP contribution is -2.25. The summed E-state index contributed by atoms with van der Waals surface area (Å²) in [6.45, 7) is 6.51. The second-order valence-electron chi connectivity index (χ2n) is 7.60. The van der Waals surface area contributed by atoms with Crippen LogP contribution in [0.3, 0.4) is 0 Å². The molecule has 1 aliphatic rings. The standard InChI is InChI=1S/C22H23NO.CH4/c1-14-12-16-8-10-17(13-20(16)23-21(14)24)22(2,3)19-11-9-15-6-4-5-7-18(15)19;/h4-8,10,12-13,19H,9,11H2,1-3H3,(H,23,24);1H4/t19-;/m1./s1. The molecular formula is C23H27NO. The second-order valence-corrected chi connectivity index (χ2v) is 7.60. The number of aromatic amines is 1. The first-order chi connectivity index (χ1) is 11.5. The summed E-state index contributed by atoms with van der Waals surface area (Å²) in [5, 5.41) is 1.10. The molecule has 1 N–H and O–H groups in total. The van der Waals surface area contributed by atoms with E-state index < -0.39 is 0 Å². The minimum Gasteiger partial charge on any atom is -0.322 e. The second kappa shape index (κ2) is 6.18. The summed E-state index contributed by atoms with van der Waals surface area (Å²) in [5.41, 5.74) is 5.99. The SMILES string of the molecule is C.Cc1cc2ccc(C(C)(C)[C@@H]3CCc4ccccc43)cc2[nH]c1=O. The Morgan fingerprint density at radius 3 is 2.64 bits per heavy atom. The van der Waals surface area contributed by atoms with Crippen LogP contribution in [-0.2, 0) is 11.8 Å². The summed E-state index contributed by atoms with van der Waals surface area (Å²) in [6.07, 6.45) is 2.35. The molecule has 0 saturated carbocycles. The van der Waals surface area contributed by atoms with E-state index in [-0.39, 0.29) is 18.4 Å². The van der Waals surface area contributed by atoms with Crippen molar-refractivity contribution in [1.82, 2.24) is 4.98 Å². The lowest BCUT2D eigenvalue weighted by atomic mass is 9.71. The average Bonchev–Trinajstić information content (AvgIpc) is 3.00. The Labute approximate surface area is 149 Å². The predicted molar refractivity (Wildman–Crippen MR) is 107 cm³/mol. The first kappa shape index (κ1) is 17.5. The highest BCUT2D eigenvalue weighted by Gasteiger charge is 2.36. The quantitative estimate of drug-likeness (QED) is 0.662. The maximum atomic E-state index is 12.0. The van der Waals surface area contributed by atoms with E-state index >= 15 is 0 Å². The molecule has 4 rings (SSSR count). The molecular weight excluding hydrogens is 306 g/mol. The highest BCUT2D eigenvalue weighted by molar-refractivity contribution is 5.80. The zero-order valence-corrected chi connectivity index (χ0v) is 14.5. The van der Waals surface area contributed by atoms with Crippen molar-refractivity contribution >= 4 is 10.9 Å². The van der Waals surface area contributed by atoms with Crippen LogP contribution in [0.4, 0.5) is 0 Å². The molecule has 0 amide bonds. The molecule has 1 aromatic heterocycles. The molecule has 25 heavy (non-hydrogen) atoms. The monoisotopic (exact) mass is 333 g/mol. The Bertz CT molecular complexity index is 981. The fourth-order valence-electron chi connectivity index (χ4n) is 4.22. The molecule has 2 nitrogen and oxygen atoms in total. The van der Waals surface area contributed by atoms with Gasteiger partial charge in [-0.15, -0.1) is 0 Å². The zero-order chi connectivity index (χ0) is 16.9. The first-order valence-electron chi connectivity index (χ1n) is 8.69. The molecule has 0 spiro atoms. The Kier molecular flexibility index (Phi) is 4.32. The Morgan fingerprint density at radius 1 is 1.08 bits per heavy atom. The van der Waals surface area contributed by atoms with E-state index in [1.165, 1.54) is 23.1 Å². The number of aromatic nitrogens is 1. The zero-order valence-electron chi connectivity index (χ0n) is 14.5. The van der Waals surface area contributed by atoms with Gasteiger partial charge in [-0.05, 0) is 65.3 Å². The largest absolute Gasteiger partial charge is 0.322 e. The summed E-state index contributed by atoms with van der Waals surface area (Å²) >= 11 is 0. The normalized spacial score (nSPS) is 16.5. The number of hydrogen-bond acceptors (Lipinski definition) is 1. The van der Waals surface area contributed by atoms with Gasteiger partial charge in [0.15, 0.2) is 0 Å². The van der Waals surface area contributed by atoms with Crippen LogP contribution in [0.1, 0.15) is 55.9 Å². The molecule has 1 atom stereocenters. The third-order valence-electron chi connectivity index (χ3n) is 5.78. The highest BCUT2D eigenvalue weighted by Crippen LogP contribution is 2.46. The maximum absolute atomic E-state index is 12.0. The van der Waals surface area contributed by atoms with Crippen molar-refractivity contribution in [2.45, 2.75) is 52.4 Å². The predicted octanol–water partition coefficient (Wildman–Crippen LogP) is 5.48. The highest BCUT2D eigenvalue weighted by atomic mass is 16.1. The Morgan fingerprint density at radius 2 is 1.84 bits per heavy atom. The number of aryl methyl sites for hydroxylation is 2. The fraction of sp³-hybridized carbons (Fsp3) is 0.348. The van der Waals surface area contributed by atoms with Crippen LogP contribution in [0.5, 0.6) is 0 Å². The van der Waals surface area contributed by atoms with Crippen molar-refractivity contribution in [1.29, 1.82) is 0 Å². The molecule has 0 bridgehead atoms. The summed E-state index contributed by atoms with van der Waals surface area (Å²) < 4.78 is 0. The number of pyridine rings is 1. The van der Waals surface area contributed by atoms with Gasteiger partial charge in [-0.2, -0.15) is 0 Å². The molecule has 0 fully saturated rings. The van der Waals surface area contributed by atoms with Gasteiger partial charge in [0.25, 0.3) is 5.56 Å². The van der Waals surface area contributed by atoms with Crippen LogP contribution in [0.2, 0.25) is 0 Å². The molecule has 0 aliphatic heterocycles. The summed E-state index contributed by atoms with van der Waals surface area (Å²) in [4.78, 5) is 15.0. The van der Waals surface area contributed by atoms with Gasteiger partial charge in [0, 0.05) is 11.1 Å². The molecule has 1 aliphatic carbocycles. The topological polar surface area (TPSA) is 32.9 Å². The minimum atomic E-state index is 0. The van der Waals surface area contributed by atoms with Crippen molar-refractivity contribution < 1.29 is 0 Å². The van der Waals surface area contributed by atoms with Crippen LogP contribution in [-0.4, -0.2) is 4.98 Å². The van der Waals surface area contributed by atoms with Crippen molar-refractivity contribution in [2.24, 2.45) is 0 Å². The van der Waals surface area contributed by atoms with Gasteiger partial charge >= 0.3 is 0 Å². The van der Waals surface area contributed by atoms with E-state index in [9.17, 15) is 4.79 Å². The fourth-order valence-corrected chi connectivity index (χ4v) is 4.22. The van der Waals surface area contributed by atoms with E-state index in [1.807, 2.05) is 13.0 Å². The Hall–Kier alpha value is -2.35. The van der Waals surface area contributed by atoms with Gasteiger partial charge in [0.1, 0.15) is 0 Å². The number of rotatable bonds is 2. The Balaban J connectivity index is 0.00000182. The van der Waals surface area contributed by atoms with Gasteiger partial charge in [-0.25, -0.2) is 0 Å². The van der Waals surface area contributed by atoms with E-state index in [4.69, 9.17) is 0 Å². The average molecular weight is 333 g/mol. The number of fused-ring (bicyclic) bond motifs is 2. The van der Waals surface area contributed by atoms with Gasteiger partial charge in [-0.1, -0.05) is 57.7 Å². The van der Waals surface area contributed by atoms with E-state index in [0.29, 0.717) is 5.92 Å². The van der Waals surface area contributed by atoms with Crippen LogP contribution >= 0.6 is 0 Å². The van der Waals surface area contributed by atoms with Crippen molar-refractivity contribution in [3.8, 4) is 0 Å². The van der Waals surface area contributed by atoms with Crippen LogP contribution in [0.25, 0.3) is 10.9 Å². The van der Waals surface area contributed by atoms with Gasteiger partial charge < -0.3 is 4.98 Å². The molecule has 2 heteroatoms. The number of benzene rings is 2. The van der Waals surface area contributed by atoms with Crippen LogP contribution in [0, 0.1) is 6.92 Å². The van der Waals surface area contributed by atoms with Crippen molar-refractivity contribution in [3.05, 3.63) is 81.1 Å². The number of nitrogens with one attached hydrogen (secondary N) is 1. The molecule has 0 unspecified atom stereocenters. The van der Waals surface area contributed by atoms with Crippen LogP contribution in [0.15, 0.2) is 53.3 Å². The smallest absolute Gasteiger partial charge is 0.251 e. The third kappa shape index (κ3) is 2.80. The minimum absolute atomic E-state index is 0. The lowest BCUT2D eigenvalue weighted by Gasteiger charge is -2.33. The van der Waals surface area contributed by atoms with E-state index in [0.717, 1.165) is 22.9 Å². The van der Waals surface area contributed by atoms with Crippen LogP contribution < -0.4 is 5.56 Å². The maximum Gasteiger partial charge on any atom is 0.251 e. The number of hydrogen-bond donors (Lipinski definition) is 1. The van der Waals surface area contributed by atoms with E-state index in [1.54, 1.807) is 0 Å². The summed E-state index contributed by atoms with van der Waals surface area (Å²) in [7, 11) is 0. The molecule has 2 aromatic carbocycles. The van der Waals surface area contributed by atoms with E-state index in [2.05, 4.69) is 61.3 Å². The molecule has 130 valence electrons. The molecule has 1 heterocycles.